The number of rotatable bonds is 3. The lowest BCUT2D eigenvalue weighted by Gasteiger charge is -2.11. The Morgan fingerprint density at radius 2 is 2.11 bits per heavy atom. The van der Waals surface area contributed by atoms with Gasteiger partial charge in [0.15, 0.2) is 5.82 Å². The zero-order valence-electron chi connectivity index (χ0n) is 9.78. The highest BCUT2D eigenvalue weighted by Gasteiger charge is 2.16. The minimum absolute atomic E-state index is 0.321. The molecule has 0 fully saturated rings. The van der Waals surface area contributed by atoms with E-state index in [1.807, 2.05) is 0 Å². The zero-order chi connectivity index (χ0) is 13.3. The van der Waals surface area contributed by atoms with E-state index >= 15 is 0 Å². The predicted octanol–water partition coefficient (Wildman–Crippen LogP) is 2.57. The van der Waals surface area contributed by atoms with E-state index in [1.54, 1.807) is 32.2 Å². The van der Waals surface area contributed by atoms with Crippen LogP contribution in [0, 0.1) is 0 Å². The number of aromatic amines is 1. The van der Waals surface area contributed by atoms with Crippen LogP contribution in [0.2, 0.25) is 10.0 Å². The van der Waals surface area contributed by atoms with Crippen LogP contribution in [0.25, 0.3) is 5.69 Å². The molecule has 0 spiro atoms. The Morgan fingerprint density at radius 3 is 2.72 bits per heavy atom. The van der Waals surface area contributed by atoms with Gasteiger partial charge in [-0.2, -0.15) is 5.10 Å². The average molecular weight is 288 g/mol. The van der Waals surface area contributed by atoms with Crippen molar-refractivity contribution in [3.05, 3.63) is 44.6 Å². The monoisotopic (exact) mass is 287 g/mol. The summed E-state index contributed by atoms with van der Waals surface area (Å²) >= 11 is 11.8. The number of methoxy groups -OCH3 is 1. The van der Waals surface area contributed by atoms with Crippen LogP contribution in [0.5, 0.6) is 0 Å². The van der Waals surface area contributed by atoms with Gasteiger partial charge in [0.1, 0.15) is 6.10 Å². The number of halogens is 2. The van der Waals surface area contributed by atoms with Crippen molar-refractivity contribution in [2.24, 2.45) is 0 Å². The van der Waals surface area contributed by atoms with Crippen molar-refractivity contribution < 1.29 is 4.74 Å². The summed E-state index contributed by atoms with van der Waals surface area (Å²) in [6, 6.07) is 4.92. The van der Waals surface area contributed by atoms with E-state index in [0.29, 0.717) is 21.6 Å². The topological polar surface area (TPSA) is 59.9 Å². The summed E-state index contributed by atoms with van der Waals surface area (Å²) in [5.41, 5.74) is 0.231. The second-order valence-electron chi connectivity index (χ2n) is 3.70. The van der Waals surface area contributed by atoms with Crippen molar-refractivity contribution in [3.8, 4) is 5.69 Å². The van der Waals surface area contributed by atoms with E-state index in [1.165, 1.54) is 4.57 Å². The molecule has 0 aliphatic rings. The smallest absolute Gasteiger partial charge is 0.348 e. The van der Waals surface area contributed by atoms with E-state index in [9.17, 15) is 4.79 Å². The maximum Gasteiger partial charge on any atom is 0.348 e. The summed E-state index contributed by atoms with van der Waals surface area (Å²) < 4.78 is 6.56. The number of hydrogen-bond donors (Lipinski definition) is 1. The van der Waals surface area contributed by atoms with Gasteiger partial charge in [-0.25, -0.2) is 14.5 Å². The molecule has 0 amide bonds. The number of nitrogens with zero attached hydrogens (tertiary/aromatic N) is 2. The van der Waals surface area contributed by atoms with Gasteiger partial charge >= 0.3 is 5.69 Å². The van der Waals surface area contributed by atoms with Crippen molar-refractivity contribution in [1.82, 2.24) is 14.8 Å². The summed E-state index contributed by atoms with van der Waals surface area (Å²) in [4.78, 5) is 11.8. The lowest BCUT2D eigenvalue weighted by molar-refractivity contribution is 0.110. The van der Waals surface area contributed by atoms with E-state index in [4.69, 9.17) is 27.9 Å². The number of H-pyrrole nitrogens is 1. The Hall–Kier alpha value is -1.30. The maximum atomic E-state index is 11.8. The second kappa shape index (κ2) is 5.14. The highest BCUT2D eigenvalue weighted by Crippen LogP contribution is 2.25. The third kappa shape index (κ3) is 2.29. The molecule has 18 heavy (non-hydrogen) atoms. The van der Waals surface area contributed by atoms with Crippen LogP contribution in [-0.2, 0) is 4.74 Å². The van der Waals surface area contributed by atoms with Gasteiger partial charge < -0.3 is 4.74 Å². The standard InChI is InChI=1S/C11H11Cl2N3O2/c1-6(18-2)10-14-15-11(17)16(10)7-3-4-8(12)9(13)5-7/h3-6H,1-2H3,(H,15,17)/t6-/m0/s1. The summed E-state index contributed by atoms with van der Waals surface area (Å²) in [6.45, 7) is 1.80. The summed E-state index contributed by atoms with van der Waals surface area (Å²) in [5.74, 6) is 0.473. The Kier molecular flexibility index (Phi) is 3.75. The molecule has 0 saturated heterocycles. The Bertz CT molecular complexity index is 621. The van der Waals surface area contributed by atoms with Gasteiger partial charge in [0.05, 0.1) is 15.7 Å². The summed E-state index contributed by atoms with van der Waals surface area (Å²) in [5, 5.41) is 7.13. The van der Waals surface area contributed by atoms with Crippen LogP contribution < -0.4 is 5.69 Å². The van der Waals surface area contributed by atoms with E-state index in [0.717, 1.165) is 0 Å². The average Bonchev–Trinajstić information content (AvgIpc) is 2.74. The second-order valence-corrected chi connectivity index (χ2v) is 4.51. The third-order valence-electron chi connectivity index (χ3n) is 2.58. The molecule has 0 aliphatic heterocycles. The van der Waals surface area contributed by atoms with Crippen LogP contribution in [-0.4, -0.2) is 21.9 Å². The van der Waals surface area contributed by atoms with Gasteiger partial charge in [0.2, 0.25) is 0 Å². The van der Waals surface area contributed by atoms with E-state index in [-0.39, 0.29) is 11.8 Å². The van der Waals surface area contributed by atoms with Crippen molar-refractivity contribution >= 4 is 23.2 Å². The molecule has 1 heterocycles. The van der Waals surface area contributed by atoms with Crippen LogP contribution in [0.3, 0.4) is 0 Å². The molecule has 0 radical (unpaired) electrons. The lowest BCUT2D eigenvalue weighted by atomic mass is 10.3. The lowest BCUT2D eigenvalue weighted by Crippen LogP contribution is -2.18. The molecular formula is C11H11Cl2N3O2. The summed E-state index contributed by atoms with van der Waals surface area (Å²) in [6.07, 6.45) is -0.321. The first-order valence-corrected chi connectivity index (χ1v) is 5.95. The Morgan fingerprint density at radius 1 is 1.39 bits per heavy atom. The molecule has 1 aromatic heterocycles. The normalized spacial score (nSPS) is 12.7. The largest absolute Gasteiger partial charge is 0.374 e. The molecule has 0 aliphatic carbocycles. The van der Waals surface area contributed by atoms with Crippen LogP contribution in [0.4, 0.5) is 0 Å². The van der Waals surface area contributed by atoms with Gasteiger partial charge in [-0.15, -0.1) is 0 Å². The van der Waals surface area contributed by atoms with Gasteiger partial charge in [-0.1, -0.05) is 23.2 Å². The molecule has 0 saturated carbocycles. The fourth-order valence-corrected chi connectivity index (χ4v) is 1.85. The van der Waals surface area contributed by atoms with E-state index in [2.05, 4.69) is 10.2 Å². The highest BCUT2D eigenvalue weighted by molar-refractivity contribution is 6.42. The van der Waals surface area contributed by atoms with Crippen LogP contribution >= 0.6 is 23.2 Å². The first kappa shape index (κ1) is 13.1. The van der Waals surface area contributed by atoms with Crippen LogP contribution in [0.15, 0.2) is 23.0 Å². The highest BCUT2D eigenvalue weighted by atomic mass is 35.5. The molecule has 96 valence electrons. The number of benzene rings is 1. The first-order valence-electron chi connectivity index (χ1n) is 5.20. The molecule has 7 heteroatoms. The fraction of sp³-hybridized carbons (Fsp3) is 0.273. The summed E-state index contributed by atoms with van der Waals surface area (Å²) in [7, 11) is 1.54. The SMILES string of the molecule is CO[C@@H](C)c1n[nH]c(=O)n1-c1ccc(Cl)c(Cl)c1. The molecule has 0 unspecified atom stereocenters. The van der Waals surface area contributed by atoms with E-state index < -0.39 is 0 Å². The number of ether oxygens (including phenoxy) is 1. The molecule has 0 bridgehead atoms. The molecule has 5 nitrogen and oxygen atoms in total. The predicted molar refractivity (Wildman–Crippen MR) is 69.6 cm³/mol. The molecule has 1 N–H and O–H groups in total. The maximum absolute atomic E-state index is 11.8. The minimum Gasteiger partial charge on any atom is -0.374 e. The van der Waals surface area contributed by atoms with Gasteiger partial charge in [-0.05, 0) is 25.1 Å². The molecule has 2 aromatic rings. The molecular weight excluding hydrogens is 277 g/mol. The van der Waals surface area contributed by atoms with Crippen molar-refractivity contribution in [2.45, 2.75) is 13.0 Å². The number of aromatic nitrogens is 3. The quantitative estimate of drug-likeness (QED) is 0.944. The molecule has 2 rings (SSSR count). The first-order chi connectivity index (χ1) is 8.54. The molecule has 1 atom stereocenters. The van der Waals surface area contributed by atoms with Gasteiger partial charge in [-0.3, -0.25) is 0 Å². The Labute approximate surface area is 113 Å². The Balaban J connectivity index is 2.59. The van der Waals surface area contributed by atoms with Gasteiger partial charge in [0.25, 0.3) is 0 Å². The van der Waals surface area contributed by atoms with Crippen molar-refractivity contribution in [1.29, 1.82) is 0 Å². The number of nitrogens with one attached hydrogen (secondary N) is 1. The molecule has 1 aromatic carbocycles. The number of hydrogen-bond acceptors (Lipinski definition) is 3. The van der Waals surface area contributed by atoms with Crippen molar-refractivity contribution in [3.63, 3.8) is 0 Å². The van der Waals surface area contributed by atoms with Crippen LogP contribution in [0.1, 0.15) is 18.9 Å². The van der Waals surface area contributed by atoms with Crippen molar-refractivity contribution in [2.75, 3.05) is 7.11 Å². The third-order valence-corrected chi connectivity index (χ3v) is 3.32. The van der Waals surface area contributed by atoms with Gasteiger partial charge in [0, 0.05) is 7.11 Å². The zero-order valence-corrected chi connectivity index (χ0v) is 11.3. The fourth-order valence-electron chi connectivity index (χ4n) is 1.56. The minimum atomic E-state index is -0.354.